The number of aromatic carboxylic acids is 1. The summed E-state index contributed by atoms with van der Waals surface area (Å²) in [5.74, 6) is -1.82. The molecular formula is C19H19FN4O3S. The predicted molar refractivity (Wildman–Crippen MR) is 106 cm³/mol. The van der Waals surface area contributed by atoms with Gasteiger partial charge in [-0.1, -0.05) is 0 Å². The van der Waals surface area contributed by atoms with Crippen LogP contribution in [0.25, 0.3) is 10.9 Å². The summed E-state index contributed by atoms with van der Waals surface area (Å²) in [7, 11) is 0. The Kier molecular flexibility index (Phi) is 4.08. The highest BCUT2D eigenvalue weighted by Gasteiger charge is 2.31. The fourth-order valence-electron chi connectivity index (χ4n) is 4.20. The van der Waals surface area contributed by atoms with E-state index in [2.05, 4.69) is 10.0 Å². The summed E-state index contributed by atoms with van der Waals surface area (Å²) in [5.41, 5.74) is -0.0837. The van der Waals surface area contributed by atoms with E-state index in [1.54, 1.807) is 0 Å². The molecule has 1 aromatic carbocycles. The Morgan fingerprint density at radius 3 is 2.39 bits per heavy atom. The van der Waals surface area contributed by atoms with E-state index in [-0.39, 0.29) is 5.39 Å². The van der Waals surface area contributed by atoms with E-state index in [9.17, 15) is 14.7 Å². The molecule has 9 heteroatoms. The maximum Gasteiger partial charge on any atom is 0.341 e. The van der Waals surface area contributed by atoms with Crippen molar-refractivity contribution < 1.29 is 14.3 Å². The lowest BCUT2D eigenvalue weighted by molar-refractivity contribution is 0.0695. The molecule has 3 aliphatic heterocycles. The van der Waals surface area contributed by atoms with Gasteiger partial charge in [0.05, 0.1) is 21.5 Å². The van der Waals surface area contributed by atoms with Crippen LogP contribution in [0.4, 0.5) is 10.1 Å². The van der Waals surface area contributed by atoms with Crippen LogP contribution in [0.2, 0.25) is 0 Å². The van der Waals surface area contributed by atoms with Crippen molar-refractivity contribution in [2.24, 2.45) is 5.10 Å². The minimum atomic E-state index is -1.34. The number of hydrogen-bond donors (Lipinski definition) is 1. The largest absolute Gasteiger partial charge is 0.477 e. The molecule has 0 radical (unpaired) electrons. The van der Waals surface area contributed by atoms with Crippen LogP contribution in [-0.4, -0.2) is 52.0 Å². The molecule has 2 aromatic rings. The molecule has 4 heterocycles. The summed E-state index contributed by atoms with van der Waals surface area (Å²) < 4.78 is 16.6. The Morgan fingerprint density at radius 1 is 1.11 bits per heavy atom. The van der Waals surface area contributed by atoms with Gasteiger partial charge in [0.25, 0.3) is 0 Å². The zero-order valence-corrected chi connectivity index (χ0v) is 16.0. The first-order valence-corrected chi connectivity index (χ1v) is 10.3. The molecule has 0 aliphatic carbocycles. The molecule has 0 saturated carbocycles. The molecule has 3 aliphatic rings. The van der Waals surface area contributed by atoms with Crippen LogP contribution in [0.1, 0.15) is 36.0 Å². The van der Waals surface area contributed by atoms with Crippen molar-refractivity contribution in [3.63, 3.8) is 0 Å². The van der Waals surface area contributed by atoms with Crippen LogP contribution >= 0.6 is 11.8 Å². The zero-order chi connectivity index (χ0) is 19.4. The van der Waals surface area contributed by atoms with Gasteiger partial charge in [0.2, 0.25) is 5.43 Å². The van der Waals surface area contributed by atoms with Gasteiger partial charge in [-0.05, 0) is 43.5 Å². The van der Waals surface area contributed by atoms with Gasteiger partial charge >= 0.3 is 5.97 Å². The number of rotatable bonds is 2. The second kappa shape index (κ2) is 6.51. The molecule has 5 rings (SSSR count). The van der Waals surface area contributed by atoms with E-state index in [1.807, 2.05) is 4.90 Å². The number of hydrogen-bond acceptors (Lipinski definition) is 6. The smallest absolute Gasteiger partial charge is 0.341 e. The van der Waals surface area contributed by atoms with Gasteiger partial charge in [-0.25, -0.2) is 13.9 Å². The number of aromatic nitrogens is 1. The number of carboxylic acids is 1. The summed E-state index contributed by atoms with van der Waals surface area (Å²) in [5, 5.41) is 14.8. The lowest BCUT2D eigenvalue weighted by Gasteiger charge is -2.29. The number of carboxylic acid groups (broad SMARTS) is 1. The highest BCUT2D eigenvalue weighted by molar-refractivity contribution is 8.14. The Bertz CT molecular complexity index is 1090. The minimum absolute atomic E-state index is 0.0621. The normalized spacial score (nSPS) is 18.8. The van der Waals surface area contributed by atoms with E-state index < -0.39 is 22.8 Å². The number of likely N-dealkylation sites (tertiary alicyclic amines) is 1. The topological polar surface area (TPSA) is 78.1 Å². The molecule has 1 aromatic heterocycles. The van der Waals surface area contributed by atoms with Gasteiger partial charge in [0, 0.05) is 32.4 Å². The first-order chi connectivity index (χ1) is 13.5. The van der Waals surface area contributed by atoms with E-state index in [1.165, 1.54) is 28.7 Å². The Balaban J connectivity index is 1.81. The third-order valence-electron chi connectivity index (χ3n) is 5.57. The second-order valence-corrected chi connectivity index (χ2v) is 8.30. The number of pyridine rings is 1. The standard InChI is InChI=1S/C19H19FN4O3S/c20-13-9-11-14-17(15(13)22-5-1-2-6-22)28-19(23-7-3-4-8-23)21-24(14)10-12(16(11)25)18(26)27/h9-10H,1-8H2,(H,26,27). The van der Waals surface area contributed by atoms with E-state index >= 15 is 4.39 Å². The predicted octanol–water partition coefficient (Wildman–Crippen LogP) is 2.76. The van der Waals surface area contributed by atoms with Crippen LogP contribution < -0.4 is 10.3 Å². The number of anilines is 1. The maximum atomic E-state index is 15.2. The number of benzene rings is 1. The molecule has 0 bridgehead atoms. The third-order valence-corrected chi connectivity index (χ3v) is 6.68. The lowest BCUT2D eigenvalue weighted by Crippen LogP contribution is -2.30. The average Bonchev–Trinajstić information content (AvgIpc) is 3.37. The van der Waals surface area contributed by atoms with Crippen LogP contribution in [0.15, 0.2) is 27.1 Å². The SMILES string of the molecule is O=C(O)c1cn2c3c(c(N4CCCC4)c(F)cc3c1=O)SC(N1CCCC1)=N2. The third kappa shape index (κ3) is 2.60. The summed E-state index contributed by atoms with van der Waals surface area (Å²) in [6, 6.07) is 1.18. The fourth-order valence-corrected chi connectivity index (χ4v) is 5.45. The number of carbonyl (C=O) groups is 1. The highest BCUT2D eigenvalue weighted by Crippen LogP contribution is 2.43. The lowest BCUT2D eigenvalue weighted by atomic mass is 10.1. The summed E-state index contributed by atoms with van der Waals surface area (Å²) in [6.45, 7) is 3.27. The van der Waals surface area contributed by atoms with Gasteiger partial charge in [-0.15, -0.1) is 5.10 Å². The number of thioether (sulfide) groups is 1. The maximum absolute atomic E-state index is 15.2. The Labute approximate surface area is 164 Å². The van der Waals surface area contributed by atoms with Crippen LogP contribution in [0.5, 0.6) is 0 Å². The molecule has 7 nitrogen and oxygen atoms in total. The van der Waals surface area contributed by atoms with E-state index in [4.69, 9.17) is 0 Å². The highest BCUT2D eigenvalue weighted by atomic mass is 32.2. The molecular weight excluding hydrogens is 383 g/mol. The van der Waals surface area contributed by atoms with E-state index in [0.29, 0.717) is 16.1 Å². The van der Waals surface area contributed by atoms with Gasteiger partial charge in [-0.2, -0.15) is 0 Å². The fraction of sp³-hybridized carbons (Fsp3) is 0.421. The summed E-state index contributed by atoms with van der Waals surface area (Å²) >= 11 is 1.38. The number of nitrogens with zero attached hydrogens (tertiary/aromatic N) is 4. The average molecular weight is 402 g/mol. The van der Waals surface area contributed by atoms with Gasteiger partial charge < -0.3 is 14.9 Å². The first kappa shape index (κ1) is 17.5. The molecule has 0 atom stereocenters. The second-order valence-electron chi connectivity index (χ2n) is 7.33. The Morgan fingerprint density at radius 2 is 1.75 bits per heavy atom. The summed E-state index contributed by atoms with van der Waals surface area (Å²) in [6.07, 6.45) is 5.39. The molecule has 1 N–H and O–H groups in total. The number of amidine groups is 1. The van der Waals surface area contributed by atoms with Gasteiger partial charge in [0.1, 0.15) is 11.4 Å². The molecule has 146 valence electrons. The summed E-state index contributed by atoms with van der Waals surface area (Å²) in [4.78, 5) is 29.1. The van der Waals surface area contributed by atoms with E-state index in [0.717, 1.165) is 57.0 Å². The van der Waals surface area contributed by atoms with Crippen molar-refractivity contribution >= 4 is 39.5 Å². The van der Waals surface area contributed by atoms with Crippen LogP contribution in [0.3, 0.4) is 0 Å². The minimum Gasteiger partial charge on any atom is -0.477 e. The van der Waals surface area contributed by atoms with Gasteiger partial charge in [0.15, 0.2) is 5.17 Å². The molecule has 2 fully saturated rings. The molecule has 0 amide bonds. The molecule has 2 saturated heterocycles. The van der Waals surface area contributed by atoms with Crippen molar-refractivity contribution in [3.8, 4) is 0 Å². The quantitative estimate of drug-likeness (QED) is 0.832. The molecule has 28 heavy (non-hydrogen) atoms. The molecule has 0 spiro atoms. The van der Waals surface area contributed by atoms with Crippen molar-refractivity contribution in [1.29, 1.82) is 0 Å². The first-order valence-electron chi connectivity index (χ1n) is 9.46. The van der Waals surface area contributed by atoms with Crippen molar-refractivity contribution in [2.45, 2.75) is 30.6 Å². The van der Waals surface area contributed by atoms with Crippen molar-refractivity contribution in [1.82, 2.24) is 9.58 Å². The van der Waals surface area contributed by atoms with Crippen LogP contribution in [-0.2, 0) is 0 Å². The Hall–Kier alpha value is -2.55. The monoisotopic (exact) mass is 402 g/mol. The van der Waals surface area contributed by atoms with Crippen molar-refractivity contribution in [2.75, 3.05) is 31.1 Å². The zero-order valence-electron chi connectivity index (χ0n) is 15.2. The molecule has 0 unspecified atom stereocenters. The van der Waals surface area contributed by atoms with Crippen molar-refractivity contribution in [3.05, 3.63) is 33.9 Å². The van der Waals surface area contributed by atoms with Gasteiger partial charge in [-0.3, -0.25) is 4.79 Å². The number of halogens is 1. The van der Waals surface area contributed by atoms with Crippen LogP contribution in [0, 0.1) is 5.82 Å².